The Hall–Kier alpha value is -0.570. The van der Waals surface area contributed by atoms with E-state index in [0.29, 0.717) is 24.2 Å². The van der Waals surface area contributed by atoms with Crippen LogP contribution in [0.3, 0.4) is 0 Å². The van der Waals surface area contributed by atoms with E-state index in [1.54, 1.807) is 7.11 Å². The van der Waals surface area contributed by atoms with Crippen molar-refractivity contribution >= 4 is 5.91 Å². The number of ether oxygens (including phenoxy) is 1. The molecule has 0 saturated heterocycles. The molecule has 3 heteroatoms. The standard InChI is InChI=1S/C14H29NO2/c1-8-14(6,17-7)13(16)15-9-12(10(2)3)11(4)5/h10-12H,8-9H2,1-7H3,(H,15,16). The first kappa shape index (κ1) is 16.4. The summed E-state index contributed by atoms with van der Waals surface area (Å²) in [4.78, 5) is 12.0. The predicted molar refractivity (Wildman–Crippen MR) is 71.9 cm³/mol. The lowest BCUT2D eigenvalue weighted by Crippen LogP contribution is -2.47. The molecule has 0 aliphatic carbocycles. The summed E-state index contributed by atoms with van der Waals surface area (Å²) >= 11 is 0. The fraction of sp³-hybridized carbons (Fsp3) is 0.929. The highest BCUT2D eigenvalue weighted by molar-refractivity contribution is 5.84. The van der Waals surface area contributed by atoms with Crippen molar-refractivity contribution in [2.75, 3.05) is 13.7 Å². The molecule has 1 unspecified atom stereocenters. The summed E-state index contributed by atoms with van der Waals surface area (Å²) in [6.45, 7) is 13.3. The third-order valence-corrected chi connectivity index (χ3v) is 3.82. The second kappa shape index (κ2) is 7.00. The molecular weight excluding hydrogens is 214 g/mol. The number of carbonyl (C=O) groups excluding carboxylic acids is 1. The molecule has 102 valence electrons. The smallest absolute Gasteiger partial charge is 0.251 e. The van der Waals surface area contributed by atoms with Crippen LogP contribution in [0.4, 0.5) is 0 Å². The minimum atomic E-state index is -0.696. The highest BCUT2D eigenvalue weighted by Gasteiger charge is 2.31. The lowest BCUT2D eigenvalue weighted by atomic mass is 9.85. The van der Waals surface area contributed by atoms with Gasteiger partial charge in [-0.15, -0.1) is 0 Å². The van der Waals surface area contributed by atoms with Gasteiger partial charge < -0.3 is 10.1 Å². The number of hydrogen-bond acceptors (Lipinski definition) is 2. The molecule has 0 radical (unpaired) electrons. The molecular formula is C14H29NO2. The maximum absolute atomic E-state index is 12.0. The van der Waals surface area contributed by atoms with Crippen LogP contribution in [0.5, 0.6) is 0 Å². The van der Waals surface area contributed by atoms with E-state index in [9.17, 15) is 4.79 Å². The molecule has 0 saturated carbocycles. The van der Waals surface area contributed by atoms with E-state index in [1.807, 2.05) is 13.8 Å². The third kappa shape index (κ3) is 4.66. The van der Waals surface area contributed by atoms with Gasteiger partial charge in [0.1, 0.15) is 5.60 Å². The lowest BCUT2D eigenvalue weighted by molar-refractivity contribution is -0.142. The van der Waals surface area contributed by atoms with Crippen molar-refractivity contribution < 1.29 is 9.53 Å². The molecule has 0 fully saturated rings. The van der Waals surface area contributed by atoms with Crippen molar-refractivity contribution in [3.8, 4) is 0 Å². The lowest BCUT2D eigenvalue weighted by Gasteiger charge is -2.29. The molecule has 0 aromatic rings. The monoisotopic (exact) mass is 243 g/mol. The highest BCUT2D eigenvalue weighted by atomic mass is 16.5. The van der Waals surface area contributed by atoms with Gasteiger partial charge in [0.2, 0.25) is 0 Å². The second-order valence-corrected chi connectivity index (χ2v) is 5.65. The predicted octanol–water partition coefficient (Wildman–Crippen LogP) is 2.85. The molecule has 0 aliphatic rings. The molecule has 1 N–H and O–H groups in total. The van der Waals surface area contributed by atoms with Gasteiger partial charge in [0, 0.05) is 13.7 Å². The van der Waals surface area contributed by atoms with Crippen LogP contribution in [-0.2, 0) is 9.53 Å². The summed E-state index contributed by atoms with van der Waals surface area (Å²) in [5.74, 6) is 1.65. The minimum absolute atomic E-state index is 0.00574. The first-order valence-electron chi connectivity index (χ1n) is 6.62. The molecule has 0 aromatic carbocycles. The fourth-order valence-electron chi connectivity index (χ4n) is 2.04. The number of rotatable bonds is 7. The quantitative estimate of drug-likeness (QED) is 0.746. The Kier molecular flexibility index (Phi) is 6.76. The first-order chi connectivity index (χ1) is 7.78. The Morgan fingerprint density at radius 3 is 2.00 bits per heavy atom. The molecule has 1 amide bonds. The van der Waals surface area contributed by atoms with Gasteiger partial charge in [-0.1, -0.05) is 34.6 Å². The van der Waals surface area contributed by atoms with E-state index in [4.69, 9.17) is 4.74 Å². The average molecular weight is 243 g/mol. The van der Waals surface area contributed by atoms with E-state index in [-0.39, 0.29) is 5.91 Å². The highest BCUT2D eigenvalue weighted by Crippen LogP contribution is 2.20. The summed E-state index contributed by atoms with van der Waals surface area (Å²) in [7, 11) is 1.59. The zero-order valence-corrected chi connectivity index (χ0v) is 12.5. The molecule has 0 bridgehead atoms. The first-order valence-corrected chi connectivity index (χ1v) is 6.62. The van der Waals surface area contributed by atoms with Gasteiger partial charge in [0.05, 0.1) is 0 Å². The van der Waals surface area contributed by atoms with Crippen LogP contribution in [0.25, 0.3) is 0 Å². The summed E-state index contributed by atoms with van der Waals surface area (Å²) in [5.41, 5.74) is -0.696. The van der Waals surface area contributed by atoms with Crippen LogP contribution in [0.1, 0.15) is 48.0 Å². The Morgan fingerprint density at radius 1 is 1.24 bits per heavy atom. The number of carbonyl (C=O) groups is 1. The van der Waals surface area contributed by atoms with Crippen molar-refractivity contribution in [1.29, 1.82) is 0 Å². The molecule has 0 heterocycles. The maximum Gasteiger partial charge on any atom is 0.251 e. The van der Waals surface area contributed by atoms with Crippen LogP contribution < -0.4 is 5.32 Å². The van der Waals surface area contributed by atoms with Gasteiger partial charge in [-0.05, 0) is 31.1 Å². The van der Waals surface area contributed by atoms with Gasteiger partial charge >= 0.3 is 0 Å². The number of amides is 1. The number of hydrogen-bond donors (Lipinski definition) is 1. The summed E-state index contributed by atoms with van der Waals surface area (Å²) in [6.07, 6.45) is 0.684. The van der Waals surface area contributed by atoms with Gasteiger partial charge in [-0.3, -0.25) is 4.79 Å². The third-order valence-electron chi connectivity index (χ3n) is 3.82. The molecule has 0 aromatic heterocycles. The molecule has 0 aliphatic heterocycles. The van der Waals surface area contributed by atoms with Gasteiger partial charge in [0.15, 0.2) is 0 Å². The summed E-state index contributed by atoms with van der Waals surface area (Å²) in [6, 6.07) is 0. The SMILES string of the molecule is CCC(C)(OC)C(=O)NCC(C(C)C)C(C)C. The van der Waals surface area contributed by atoms with Gasteiger partial charge in [-0.25, -0.2) is 0 Å². The average Bonchev–Trinajstić information content (AvgIpc) is 2.26. The molecule has 0 rings (SSSR count). The summed E-state index contributed by atoms with van der Waals surface area (Å²) < 4.78 is 5.29. The van der Waals surface area contributed by atoms with Crippen LogP contribution in [0.2, 0.25) is 0 Å². The Labute approximate surface area is 106 Å². The van der Waals surface area contributed by atoms with Crippen molar-refractivity contribution in [3.05, 3.63) is 0 Å². The zero-order valence-electron chi connectivity index (χ0n) is 12.5. The van der Waals surface area contributed by atoms with Gasteiger partial charge in [-0.2, -0.15) is 0 Å². The van der Waals surface area contributed by atoms with E-state index < -0.39 is 5.60 Å². The van der Waals surface area contributed by atoms with Crippen LogP contribution in [0, 0.1) is 17.8 Å². The Balaban J connectivity index is 4.40. The van der Waals surface area contributed by atoms with Gasteiger partial charge in [0.25, 0.3) is 5.91 Å². The Bertz CT molecular complexity index is 224. The molecule has 17 heavy (non-hydrogen) atoms. The van der Waals surface area contributed by atoms with E-state index >= 15 is 0 Å². The topological polar surface area (TPSA) is 38.3 Å². The Morgan fingerprint density at radius 2 is 1.71 bits per heavy atom. The van der Waals surface area contributed by atoms with Crippen LogP contribution >= 0.6 is 0 Å². The molecule has 3 nitrogen and oxygen atoms in total. The number of methoxy groups -OCH3 is 1. The number of nitrogens with one attached hydrogen (secondary N) is 1. The zero-order chi connectivity index (χ0) is 13.6. The summed E-state index contributed by atoms with van der Waals surface area (Å²) in [5, 5.41) is 3.02. The van der Waals surface area contributed by atoms with E-state index in [1.165, 1.54) is 0 Å². The molecule has 1 atom stereocenters. The van der Waals surface area contributed by atoms with E-state index in [0.717, 1.165) is 6.54 Å². The maximum atomic E-state index is 12.0. The van der Waals surface area contributed by atoms with Crippen molar-refractivity contribution in [1.82, 2.24) is 5.32 Å². The fourth-order valence-corrected chi connectivity index (χ4v) is 2.04. The van der Waals surface area contributed by atoms with Crippen molar-refractivity contribution in [2.24, 2.45) is 17.8 Å². The largest absolute Gasteiger partial charge is 0.369 e. The van der Waals surface area contributed by atoms with Crippen molar-refractivity contribution in [2.45, 2.75) is 53.6 Å². The minimum Gasteiger partial charge on any atom is -0.369 e. The molecule has 0 spiro atoms. The van der Waals surface area contributed by atoms with Crippen LogP contribution in [0.15, 0.2) is 0 Å². The normalized spacial score (nSPS) is 15.4. The second-order valence-electron chi connectivity index (χ2n) is 5.65. The van der Waals surface area contributed by atoms with Crippen molar-refractivity contribution in [3.63, 3.8) is 0 Å². The van der Waals surface area contributed by atoms with E-state index in [2.05, 4.69) is 33.0 Å². The van der Waals surface area contributed by atoms with Crippen LogP contribution in [-0.4, -0.2) is 25.2 Å².